The molecule has 1 unspecified atom stereocenters. The van der Waals surface area contributed by atoms with Crippen LogP contribution in [-0.2, 0) is 10.0 Å². The Balaban J connectivity index is 1.61. The van der Waals surface area contributed by atoms with E-state index in [0.717, 1.165) is 23.6 Å². The molecule has 0 heterocycles. The van der Waals surface area contributed by atoms with Gasteiger partial charge in [-0.15, -0.1) is 0 Å². The van der Waals surface area contributed by atoms with Crippen LogP contribution in [0.25, 0.3) is 0 Å². The second-order valence-corrected chi connectivity index (χ2v) is 10.5. The fourth-order valence-corrected chi connectivity index (χ4v) is 6.72. The average Bonchev–Trinajstić information content (AvgIpc) is 3.04. The molecule has 6 atom stereocenters. The van der Waals surface area contributed by atoms with Crippen molar-refractivity contribution in [1.82, 2.24) is 4.83 Å². The van der Waals surface area contributed by atoms with Gasteiger partial charge in [-0.25, -0.2) is 4.83 Å². The minimum Gasteiger partial charge on any atom is -0.200 e. The number of sulfonamides is 1. The van der Waals surface area contributed by atoms with E-state index in [1.165, 1.54) is 18.4 Å². The van der Waals surface area contributed by atoms with Crippen molar-refractivity contribution in [2.45, 2.75) is 51.9 Å². The molecule has 5 heteroatoms. The van der Waals surface area contributed by atoms with Gasteiger partial charge in [-0.05, 0) is 80.8 Å². The molecule has 27 heavy (non-hydrogen) atoms. The van der Waals surface area contributed by atoms with E-state index in [4.69, 9.17) is 0 Å². The molecule has 0 aromatic heterocycles. The first-order valence-electron chi connectivity index (χ1n) is 10.1. The topological polar surface area (TPSA) is 58.5 Å². The van der Waals surface area contributed by atoms with E-state index in [1.807, 2.05) is 19.1 Å². The molecule has 0 spiro atoms. The van der Waals surface area contributed by atoms with E-state index in [1.54, 1.807) is 12.1 Å². The Morgan fingerprint density at radius 3 is 2.37 bits per heavy atom. The van der Waals surface area contributed by atoms with Crippen molar-refractivity contribution in [3.63, 3.8) is 0 Å². The van der Waals surface area contributed by atoms with Crippen molar-refractivity contribution < 1.29 is 8.42 Å². The Morgan fingerprint density at radius 1 is 1.00 bits per heavy atom. The standard InChI is InChI=1S/C22H30N2O2S/c1-13-5-8-18(9-6-13)27(25,26)24-23-22-15(3)19-10-7-17-11-14(2)12-20(16(22)4)21(17)19/h5-6,8-9,11,15-17,19-21,24H,7,10,12H2,1-4H3/b23-22-/t15-,16-,17-,19-,20-,21?/m1/s1. The van der Waals surface area contributed by atoms with Crippen molar-refractivity contribution >= 4 is 15.7 Å². The molecule has 4 nitrogen and oxygen atoms in total. The highest BCUT2D eigenvalue weighted by Crippen LogP contribution is 2.56. The molecule has 0 aliphatic heterocycles. The number of hydrogen-bond acceptors (Lipinski definition) is 3. The van der Waals surface area contributed by atoms with Crippen LogP contribution in [0, 0.1) is 42.4 Å². The van der Waals surface area contributed by atoms with Gasteiger partial charge in [0.1, 0.15) is 0 Å². The fourth-order valence-electron chi connectivity index (χ4n) is 5.89. The lowest BCUT2D eigenvalue weighted by molar-refractivity contribution is 0.134. The molecule has 4 rings (SSSR count). The fraction of sp³-hybridized carbons (Fsp3) is 0.591. The van der Waals surface area contributed by atoms with Crippen molar-refractivity contribution in [3.8, 4) is 0 Å². The first-order chi connectivity index (χ1) is 12.8. The third-order valence-corrected chi connectivity index (χ3v) is 8.44. The van der Waals surface area contributed by atoms with E-state index in [9.17, 15) is 8.42 Å². The maximum atomic E-state index is 12.7. The summed E-state index contributed by atoms with van der Waals surface area (Å²) in [5.74, 6) is 3.32. The minimum absolute atomic E-state index is 0.267. The van der Waals surface area contributed by atoms with E-state index in [-0.39, 0.29) is 4.90 Å². The minimum atomic E-state index is -3.63. The van der Waals surface area contributed by atoms with Crippen LogP contribution in [0.4, 0.5) is 0 Å². The first kappa shape index (κ1) is 18.7. The SMILES string of the molecule is CC1=C[C@H]2CC[C@H]3C2[C@H](C1)[C@@H](C)/C(=N\NS(=O)(=O)c1ccc(C)cc1)[C@@H]3C. The van der Waals surface area contributed by atoms with Gasteiger partial charge in [0, 0.05) is 5.71 Å². The zero-order valence-electron chi connectivity index (χ0n) is 16.6. The summed E-state index contributed by atoms with van der Waals surface area (Å²) < 4.78 is 25.3. The largest absolute Gasteiger partial charge is 0.276 e. The van der Waals surface area contributed by atoms with Gasteiger partial charge in [0.25, 0.3) is 10.0 Å². The summed E-state index contributed by atoms with van der Waals surface area (Å²) >= 11 is 0. The molecule has 3 aliphatic rings. The normalized spacial score (nSPS) is 37.0. The van der Waals surface area contributed by atoms with E-state index in [0.29, 0.717) is 29.6 Å². The van der Waals surface area contributed by atoms with Gasteiger partial charge in [0.2, 0.25) is 0 Å². The number of nitrogens with one attached hydrogen (secondary N) is 1. The highest BCUT2D eigenvalue weighted by molar-refractivity contribution is 7.89. The number of benzene rings is 1. The quantitative estimate of drug-likeness (QED) is 0.613. The molecule has 3 aliphatic carbocycles. The summed E-state index contributed by atoms with van der Waals surface area (Å²) in [5.41, 5.74) is 3.56. The molecule has 1 aromatic carbocycles. The maximum absolute atomic E-state index is 12.7. The van der Waals surface area contributed by atoms with E-state index >= 15 is 0 Å². The third kappa shape index (κ3) is 3.24. The smallest absolute Gasteiger partial charge is 0.200 e. The van der Waals surface area contributed by atoms with Crippen LogP contribution in [-0.4, -0.2) is 14.1 Å². The Morgan fingerprint density at radius 2 is 1.67 bits per heavy atom. The van der Waals surface area contributed by atoms with E-state index in [2.05, 4.69) is 36.8 Å². The highest BCUT2D eigenvalue weighted by atomic mass is 32.2. The second kappa shape index (κ2) is 6.77. The highest BCUT2D eigenvalue weighted by Gasteiger charge is 2.51. The second-order valence-electron chi connectivity index (χ2n) is 8.89. The monoisotopic (exact) mass is 386 g/mol. The van der Waals surface area contributed by atoms with Crippen molar-refractivity contribution in [3.05, 3.63) is 41.5 Å². The molecule has 0 saturated heterocycles. The van der Waals surface area contributed by atoms with Crippen LogP contribution >= 0.6 is 0 Å². The van der Waals surface area contributed by atoms with Gasteiger partial charge in [0.05, 0.1) is 4.90 Å². The summed E-state index contributed by atoms with van der Waals surface area (Å²) in [6, 6.07) is 6.90. The number of aryl methyl sites for hydroxylation is 1. The van der Waals surface area contributed by atoms with Crippen LogP contribution < -0.4 is 4.83 Å². The summed E-state index contributed by atoms with van der Waals surface area (Å²) in [7, 11) is -3.63. The Hall–Kier alpha value is -1.62. The zero-order valence-corrected chi connectivity index (χ0v) is 17.5. The lowest BCUT2D eigenvalue weighted by Gasteiger charge is -2.47. The zero-order chi connectivity index (χ0) is 19.3. The predicted octanol–water partition coefficient (Wildman–Crippen LogP) is 4.52. The van der Waals surface area contributed by atoms with Gasteiger partial charge in [-0.1, -0.05) is 43.2 Å². The Bertz CT molecular complexity index is 885. The van der Waals surface area contributed by atoms with Crippen LogP contribution in [0.2, 0.25) is 0 Å². The number of hydrazone groups is 1. The lowest BCUT2D eigenvalue weighted by atomic mass is 9.58. The number of nitrogens with zero attached hydrogens (tertiary/aromatic N) is 1. The molecular weight excluding hydrogens is 356 g/mol. The first-order valence-corrected chi connectivity index (χ1v) is 11.6. The Kier molecular flexibility index (Phi) is 4.69. The van der Waals surface area contributed by atoms with Crippen molar-refractivity contribution in [2.75, 3.05) is 0 Å². The van der Waals surface area contributed by atoms with Crippen LogP contribution in [0.15, 0.2) is 45.9 Å². The third-order valence-electron chi connectivity index (χ3n) is 7.22. The maximum Gasteiger partial charge on any atom is 0.276 e. The van der Waals surface area contributed by atoms with Gasteiger partial charge in [-0.2, -0.15) is 13.5 Å². The molecule has 146 valence electrons. The summed E-state index contributed by atoms with van der Waals surface area (Å²) in [6.45, 7) is 8.67. The molecule has 0 bridgehead atoms. The Labute approximate surface area is 163 Å². The number of hydrogen-bond donors (Lipinski definition) is 1. The summed E-state index contributed by atoms with van der Waals surface area (Å²) in [5, 5.41) is 4.51. The van der Waals surface area contributed by atoms with Crippen molar-refractivity contribution in [1.29, 1.82) is 0 Å². The van der Waals surface area contributed by atoms with Crippen LogP contribution in [0.1, 0.15) is 45.6 Å². The van der Waals surface area contributed by atoms with Crippen LogP contribution in [0.3, 0.4) is 0 Å². The van der Waals surface area contributed by atoms with E-state index < -0.39 is 10.0 Å². The number of rotatable bonds is 3. The van der Waals surface area contributed by atoms with Crippen molar-refractivity contribution in [2.24, 2.45) is 40.6 Å². The predicted molar refractivity (Wildman–Crippen MR) is 109 cm³/mol. The van der Waals surface area contributed by atoms with Gasteiger partial charge >= 0.3 is 0 Å². The molecule has 2 saturated carbocycles. The molecule has 0 amide bonds. The van der Waals surface area contributed by atoms with Gasteiger partial charge in [-0.3, -0.25) is 0 Å². The molecular formula is C22H30N2O2S. The molecule has 2 fully saturated rings. The van der Waals surface area contributed by atoms with Gasteiger partial charge < -0.3 is 0 Å². The summed E-state index contributed by atoms with van der Waals surface area (Å²) in [6.07, 6.45) is 6.12. The molecule has 0 radical (unpaired) electrons. The number of allylic oxidation sites excluding steroid dienone is 2. The average molecular weight is 387 g/mol. The molecule has 1 aromatic rings. The van der Waals surface area contributed by atoms with Gasteiger partial charge in [0.15, 0.2) is 0 Å². The van der Waals surface area contributed by atoms with Crippen LogP contribution in [0.5, 0.6) is 0 Å². The summed E-state index contributed by atoms with van der Waals surface area (Å²) in [4.78, 5) is 2.80. The molecule has 1 N–H and O–H groups in total. The lowest BCUT2D eigenvalue weighted by Crippen LogP contribution is -2.46.